The first-order chi connectivity index (χ1) is 7.72. The van der Waals surface area contributed by atoms with Crippen molar-refractivity contribution in [2.45, 2.75) is 52.0 Å². The second-order valence-corrected chi connectivity index (χ2v) is 4.42. The number of carbonyl (C=O) groups excluding carboxylic acids is 1. The van der Waals surface area contributed by atoms with E-state index in [0.29, 0.717) is 5.69 Å². The van der Waals surface area contributed by atoms with Crippen LogP contribution in [0.4, 0.5) is 0 Å². The van der Waals surface area contributed by atoms with Crippen LogP contribution < -0.4 is 5.32 Å². The molecule has 1 amide bonds. The summed E-state index contributed by atoms with van der Waals surface area (Å²) in [6, 6.07) is 0.184. The topological polar surface area (TPSA) is 55.1 Å². The number of fused-ring (bicyclic) bond motifs is 1. The fraction of sp³-hybridized carbons (Fsp3) is 0.667. The van der Waals surface area contributed by atoms with E-state index < -0.39 is 0 Å². The van der Waals surface area contributed by atoms with Gasteiger partial charge in [0.15, 0.2) is 5.69 Å². The van der Waals surface area contributed by atoms with Gasteiger partial charge >= 0.3 is 0 Å². The third-order valence-electron chi connectivity index (χ3n) is 3.16. The summed E-state index contributed by atoms with van der Waals surface area (Å²) >= 11 is 0. The zero-order chi connectivity index (χ0) is 11.5. The van der Waals surface area contributed by atoms with Crippen LogP contribution >= 0.6 is 0 Å². The SMILES string of the molecule is CCC(C)NC(=O)c1noc2c1CCCC2. The monoisotopic (exact) mass is 222 g/mol. The van der Waals surface area contributed by atoms with Gasteiger partial charge in [0.25, 0.3) is 5.91 Å². The number of nitrogens with one attached hydrogen (secondary N) is 1. The van der Waals surface area contributed by atoms with Crippen LogP contribution in [0.2, 0.25) is 0 Å². The Balaban J connectivity index is 2.14. The molecule has 16 heavy (non-hydrogen) atoms. The lowest BCUT2D eigenvalue weighted by Gasteiger charge is -2.12. The molecule has 1 aromatic heterocycles. The number of nitrogens with zero attached hydrogens (tertiary/aromatic N) is 1. The summed E-state index contributed by atoms with van der Waals surface area (Å²) in [5, 5.41) is 6.82. The first kappa shape index (κ1) is 11.2. The molecule has 0 aliphatic heterocycles. The van der Waals surface area contributed by atoms with Crippen molar-refractivity contribution < 1.29 is 9.32 Å². The van der Waals surface area contributed by atoms with Crippen molar-refractivity contribution in [2.75, 3.05) is 0 Å². The molecule has 0 saturated carbocycles. The van der Waals surface area contributed by atoms with Gasteiger partial charge in [0.1, 0.15) is 5.76 Å². The van der Waals surface area contributed by atoms with E-state index in [9.17, 15) is 4.79 Å². The number of hydrogen-bond donors (Lipinski definition) is 1. The molecule has 1 aromatic rings. The van der Waals surface area contributed by atoms with Crippen LogP contribution in [0.15, 0.2) is 4.52 Å². The average Bonchev–Trinajstić information content (AvgIpc) is 2.72. The second-order valence-electron chi connectivity index (χ2n) is 4.42. The zero-order valence-electron chi connectivity index (χ0n) is 9.88. The second kappa shape index (κ2) is 4.68. The Morgan fingerprint density at radius 2 is 2.25 bits per heavy atom. The Hall–Kier alpha value is -1.32. The summed E-state index contributed by atoms with van der Waals surface area (Å²) in [7, 11) is 0. The third kappa shape index (κ3) is 2.10. The van der Waals surface area contributed by atoms with Crippen LogP contribution in [0.3, 0.4) is 0 Å². The minimum Gasteiger partial charge on any atom is -0.360 e. The standard InChI is InChI=1S/C12H18N2O2/c1-3-8(2)13-12(15)11-9-6-4-5-7-10(9)16-14-11/h8H,3-7H2,1-2H3,(H,13,15). The molecule has 88 valence electrons. The Bertz CT molecular complexity index is 384. The van der Waals surface area contributed by atoms with Crippen LogP contribution in [0.25, 0.3) is 0 Å². The molecular weight excluding hydrogens is 204 g/mol. The molecule has 1 atom stereocenters. The largest absolute Gasteiger partial charge is 0.360 e. The van der Waals surface area contributed by atoms with Gasteiger partial charge in [-0.2, -0.15) is 0 Å². The molecule has 2 rings (SSSR count). The predicted octanol–water partition coefficient (Wildman–Crippen LogP) is 2.08. The Labute approximate surface area is 95.4 Å². The third-order valence-corrected chi connectivity index (χ3v) is 3.16. The summed E-state index contributed by atoms with van der Waals surface area (Å²) in [5.74, 6) is 0.807. The van der Waals surface area contributed by atoms with Crippen molar-refractivity contribution in [1.29, 1.82) is 0 Å². The van der Waals surface area contributed by atoms with Crippen molar-refractivity contribution >= 4 is 5.91 Å². The minimum absolute atomic E-state index is 0.0961. The number of amides is 1. The summed E-state index contributed by atoms with van der Waals surface area (Å²) in [6.45, 7) is 4.04. The van der Waals surface area contributed by atoms with E-state index >= 15 is 0 Å². The van der Waals surface area contributed by atoms with Gasteiger partial charge in [-0.05, 0) is 32.6 Å². The maximum absolute atomic E-state index is 11.9. The van der Waals surface area contributed by atoms with Crippen molar-refractivity contribution in [3.8, 4) is 0 Å². The van der Waals surface area contributed by atoms with Gasteiger partial charge in [-0.25, -0.2) is 0 Å². The maximum atomic E-state index is 11.9. The zero-order valence-corrected chi connectivity index (χ0v) is 9.88. The Morgan fingerprint density at radius 1 is 1.50 bits per heavy atom. The molecule has 4 nitrogen and oxygen atoms in total. The van der Waals surface area contributed by atoms with Crippen LogP contribution in [0, 0.1) is 0 Å². The molecule has 1 N–H and O–H groups in total. The summed E-state index contributed by atoms with van der Waals surface area (Å²) < 4.78 is 5.21. The number of aryl methyl sites for hydroxylation is 1. The van der Waals surface area contributed by atoms with Crippen molar-refractivity contribution in [1.82, 2.24) is 10.5 Å². The Kier molecular flexibility index (Phi) is 3.27. The van der Waals surface area contributed by atoms with Gasteiger partial charge in [0, 0.05) is 18.0 Å². The molecule has 1 unspecified atom stereocenters. The highest BCUT2D eigenvalue weighted by Gasteiger charge is 2.24. The van der Waals surface area contributed by atoms with Gasteiger partial charge in [-0.3, -0.25) is 4.79 Å². The maximum Gasteiger partial charge on any atom is 0.273 e. The molecule has 1 aliphatic rings. The molecule has 0 radical (unpaired) electrons. The number of aromatic nitrogens is 1. The van der Waals surface area contributed by atoms with Crippen LogP contribution in [0.5, 0.6) is 0 Å². The molecule has 0 bridgehead atoms. The Morgan fingerprint density at radius 3 is 3.00 bits per heavy atom. The fourth-order valence-corrected chi connectivity index (χ4v) is 1.96. The van der Waals surface area contributed by atoms with Gasteiger partial charge in [0.05, 0.1) is 0 Å². The quantitative estimate of drug-likeness (QED) is 0.851. The van der Waals surface area contributed by atoms with E-state index in [2.05, 4.69) is 10.5 Å². The molecule has 0 spiro atoms. The lowest BCUT2D eigenvalue weighted by atomic mass is 9.96. The molecule has 1 heterocycles. The van der Waals surface area contributed by atoms with E-state index in [1.54, 1.807) is 0 Å². The van der Waals surface area contributed by atoms with Crippen molar-refractivity contribution in [3.05, 3.63) is 17.0 Å². The average molecular weight is 222 g/mol. The lowest BCUT2D eigenvalue weighted by molar-refractivity contribution is 0.0929. The van der Waals surface area contributed by atoms with Crippen LogP contribution in [-0.4, -0.2) is 17.1 Å². The van der Waals surface area contributed by atoms with E-state index in [4.69, 9.17) is 4.52 Å². The van der Waals surface area contributed by atoms with E-state index in [0.717, 1.165) is 43.4 Å². The molecule has 1 aliphatic carbocycles. The van der Waals surface area contributed by atoms with E-state index in [-0.39, 0.29) is 11.9 Å². The molecule has 0 fully saturated rings. The van der Waals surface area contributed by atoms with Crippen molar-refractivity contribution in [3.63, 3.8) is 0 Å². The number of rotatable bonds is 3. The fourth-order valence-electron chi connectivity index (χ4n) is 1.96. The normalized spacial score (nSPS) is 16.6. The van der Waals surface area contributed by atoms with Gasteiger partial charge in [0.2, 0.25) is 0 Å². The number of carbonyl (C=O) groups is 1. The van der Waals surface area contributed by atoms with Gasteiger partial charge in [-0.1, -0.05) is 12.1 Å². The van der Waals surface area contributed by atoms with Crippen LogP contribution in [0.1, 0.15) is 54.9 Å². The summed E-state index contributed by atoms with van der Waals surface area (Å²) in [6.07, 6.45) is 5.01. The smallest absolute Gasteiger partial charge is 0.273 e. The minimum atomic E-state index is -0.0961. The highest BCUT2D eigenvalue weighted by molar-refractivity contribution is 5.94. The van der Waals surface area contributed by atoms with Gasteiger partial charge < -0.3 is 9.84 Å². The summed E-state index contributed by atoms with van der Waals surface area (Å²) in [5.41, 5.74) is 1.52. The molecule has 0 saturated heterocycles. The molecule has 0 aromatic carbocycles. The lowest BCUT2D eigenvalue weighted by Crippen LogP contribution is -2.32. The highest BCUT2D eigenvalue weighted by Crippen LogP contribution is 2.24. The first-order valence-electron chi connectivity index (χ1n) is 6.00. The molecular formula is C12H18N2O2. The summed E-state index contributed by atoms with van der Waals surface area (Å²) in [4.78, 5) is 11.9. The van der Waals surface area contributed by atoms with Gasteiger partial charge in [-0.15, -0.1) is 0 Å². The van der Waals surface area contributed by atoms with Crippen LogP contribution in [-0.2, 0) is 12.8 Å². The van der Waals surface area contributed by atoms with Crippen molar-refractivity contribution in [2.24, 2.45) is 0 Å². The van der Waals surface area contributed by atoms with E-state index in [1.165, 1.54) is 0 Å². The van der Waals surface area contributed by atoms with E-state index in [1.807, 2.05) is 13.8 Å². The predicted molar refractivity (Wildman–Crippen MR) is 60.4 cm³/mol. The first-order valence-corrected chi connectivity index (χ1v) is 6.00. The highest BCUT2D eigenvalue weighted by atomic mass is 16.5. The molecule has 4 heteroatoms. The number of hydrogen-bond acceptors (Lipinski definition) is 3.